The lowest BCUT2D eigenvalue weighted by Gasteiger charge is -2.24. The predicted octanol–water partition coefficient (Wildman–Crippen LogP) is 4.24. The summed E-state index contributed by atoms with van der Waals surface area (Å²) >= 11 is 11.8. The molecule has 0 aliphatic heterocycles. The minimum Gasteiger partial charge on any atom is -0.211 e. The number of hydrogen-bond donors (Lipinski definition) is 0. The smallest absolute Gasteiger partial charge is 0.211 e. The van der Waals surface area contributed by atoms with Crippen LogP contribution in [0.3, 0.4) is 0 Å². The first-order chi connectivity index (χ1) is 8.09. The summed E-state index contributed by atoms with van der Waals surface area (Å²) in [7, 11) is 0. The third-order valence-electron chi connectivity index (χ3n) is 3.20. The first-order valence-corrected chi connectivity index (χ1v) is 6.09. The van der Waals surface area contributed by atoms with Gasteiger partial charge in [-0.1, -0.05) is 36.0 Å². The topological polar surface area (TPSA) is 29.4 Å². The molecule has 0 aromatic heterocycles. The van der Waals surface area contributed by atoms with Crippen LogP contribution in [-0.4, -0.2) is 6.08 Å². The van der Waals surface area contributed by atoms with E-state index >= 15 is 0 Å². The highest BCUT2D eigenvalue weighted by atomic mass is 35.5. The van der Waals surface area contributed by atoms with Crippen LogP contribution in [0.5, 0.6) is 0 Å². The van der Waals surface area contributed by atoms with Gasteiger partial charge in [0.2, 0.25) is 6.08 Å². The van der Waals surface area contributed by atoms with Crippen molar-refractivity contribution < 1.29 is 9.18 Å². The van der Waals surface area contributed by atoms with E-state index in [1.807, 2.05) is 0 Å². The highest BCUT2D eigenvalue weighted by Crippen LogP contribution is 2.45. The standard InChI is InChI=1S/C12H10Cl2FNO/c13-9-6-11(15)10(14)5-8(9)12(16-7-17)3-1-2-4-12/h5-6H,1-4H2. The molecule has 0 saturated heterocycles. The SMILES string of the molecule is O=C=NC1(c2cc(Cl)c(F)cc2Cl)CCCC1. The lowest BCUT2D eigenvalue weighted by molar-refractivity contribution is 0.455. The zero-order chi connectivity index (χ0) is 12.5. The minimum absolute atomic E-state index is 0.00299. The van der Waals surface area contributed by atoms with Crippen LogP contribution < -0.4 is 0 Å². The number of aliphatic imine (C=N–C) groups is 1. The maximum absolute atomic E-state index is 13.2. The van der Waals surface area contributed by atoms with Crippen LogP contribution >= 0.6 is 23.2 Å². The van der Waals surface area contributed by atoms with Gasteiger partial charge < -0.3 is 0 Å². The van der Waals surface area contributed by atoms with Crippen molar-refractivity contribution in [1.82, 2.24) is 0 Å². The number of benzene rings is 1. The van der Waals surface area contributed by atoms with Crippen molar-refractivity contribution in [2.24, 2.45) is 4.99 Å². The van der Waals surface area contributed by atoms with E-state index in [0.717, 1.165) is 12.8 Å². The summed E-state index contributed by atoms with van der Waals surface area (Å²) in [5.41, 5.74) is -0.0534. The summed E-state index contributed by atoms with van der Waals surface area (Å²) in [5, 5.41) is 0.254. The molecule has 90 valence electrons. The molecule has 1 aromatic rings. The van der Waals surface area contributed by atoms with Crippen LogP contribution in [0, 0.1) is 5.82 Å². The fourth-order valence-electron chi connectivity index (χ4n) is 2.37. The Morgan fingerprint density at radius 2 is 1.88 bits per heavy atom. The molecule has 0 amide bonds. The highest BCUT2D eigenvalue weighted by molar-refractivity contribution is 6.33. The Kier molecular flexibility index (Phi) is 3.53. The third kappa shape index (κ3) is 2.23. The van der Waals surface area contributed by atoms with Crippen molar-refractivity contribution >= 4 is 29.3 Å². The van der Waals surface area contributed by atoms with Gasteiger partial charge >= 0.3 is 0 Å². The van der Waals surface area contributed by atoms with Gasteiger partial charge in [-0.05, 0) is 25.0 Å². The second kappa shape index (κ2) is 4.77. The van der Waals surface area contributed by atoms with Crippen LogP contribution in [0.1, 0.15) is 31.2 Å². The second-order valence-electron chi connectivity index (χ2n) is 4.19. The first-order valence-electron chi connectivity index (χ1n) is 5.33. The molecular weight excluding hydrogens is 264 g/mol. The minimum atomic E-state index is -0.670. The van der Waals surface area contributed by atoms with Gasteiger partial charge in [0.05, 0.1) is 10.6 Å². The molecule has 0 unspecified atom stereocenters. The van der Waals surface area contributed by atoms with Crippen molar-refractivity contribution in [3.8, 4) is 0 Å². The number of halogens is 3. The average Bonchev–Trinajstić information content (AvgIpc) is 2.73. The van der Waals surface area contributed by atoms with Gasteiger partial charge in [0.25, 0.3) is 0 Å². The summed E-state index contributed by atoms with van der Waals surface area (Å²) in [6.45, 7) is 0. The van der Waals surface area contributed by atoms with Gasteiger partial charge in [-0.2, -0.15) is 4.99 Å². The number of rotatable bonds is 2. The van der Waals surface area contributed by atoms with Crippen LogP contribution in [0.4, 0.5) is 4.39 Å². The van der Waals surface area contributed by atoms with Crippen molar-refractivity contribution in [1.29, 1.82) is 0 Å². The summed E-state index contributed by atoms with van der Waals surface area (Å²) in [5.74, 6) is -0.566. The van der Waals surface area contributed by atoms with Gasteiger partial charge in [-0.25, -0.2) is 9.18 Å². The molecule has 0 heterocycles. The first kappa shape index (κ1) is 12.6. The molecule has 1 fully saturated rings. The van der Waals surface area contributed by atoms with E-state index < -0.39 is 11.4 Å². The number of isocyanates is 1. The lowest BCUT2D eigenvalue weighted by Crippen LogP contribution is -2.19. The Morgan fingerprint density at radius 3 is 2.47 bits per heavy atom. The fourth-order valence-corrected chi connectivity index (χ4v) is 2.86. The maximum atomic E-state index is 13.2. The zero-order valence-electron chi connectivity index (χ0n) is 8.97. The van der Waals surface area contributed by atoms with Crippen molar-refractivity contribution in [2.75, 3.05) is 0 Å². The predicted molar refractivity (Wildman–Crippen MR) is 64.7 cm³/mol. The maximum Gasteiger partial charge on any atom is 0.235 e. The molecule has 0 atom stereocenters. The Labute approximate surface area is 108 Å². The van der Waals surface area contributed by atoms with E-state index in [1.54, 1.807) is 6.08 Å². The van der Waals surface area contributed by atoms with E-state index in [1.165, 1.54) is 12.1 Å². The van der Waals surface area contributed by atoms with Crippen LogP contribution in [0.15, 0.2) is 17.1 Å². The van der Waals surface area contributed by atoms with Gasteiger partial charge in [0.15, 0.2) is 0 Å². The van der Waals surface area contributed by atoms with Crippen molar-refractivity contribution in [2.45, 2.75) is 31.2 Å². The van der Waals surface area contributed by atoms with E-state index in [9.17, 15) is 9.18 Å². The van der Waals surface area contributed by atoms with Gasteiger partial charge in [0, 0.05) is 10.6 Å². The fraction of sp³-hybridized carbons (Fsp3) is 0.417. The Bertz CT molecular complexity index is 492. The van der Waals surface area contributed by atoms with Crippen molar-refractivity contribution in [3.63, 3.8) is 0 Å². The summed E-state index contributed by atoms with van der Waals surface area (Å²) in [6.07, 6.45) is 4.92. The van der Waals surface area contributed by atoms with Crippen LogP contribution in [-0.2, 0) is 10.3 Å². The normalized spacial score (nSPS) is 17.8. The Hall–Kier alpha value is -0.890. The third-order valence-corrected chi connectivity index (χ3v) is 3.80. The van der Waals surface area contributed by atoms with Crippen LogP contribution in [0.2, 0.25) is 10.0 Å². The zero-order valence-corrected chi connectivity index (χ0v) is 10.5. The number of hydrogen-bond acceptors (Lipinski definition) is 2. The Balaban J connectivity index is 2.57. The quantitative estimate of drug-likeness (QED) is 0.450. The molecule has 1 aliphatic carbocycles. The van der Waals surface area contributed by atoms with Crippen LogP contribution in [0.25, 0.3) is 0 Å². The average molecular weight is 274 g/mol. The number of nitrogens with zero attached hydrogens (tertiary/aromatic N) is 1. The van der Waals surface area contributed by atoms with E-state index in [0.29, 0.717) is 18.4 Å². The molecule has 0 bridgehead atoms. The summed E-state index contributed by atoms with van der Waals surface area (Å²) in [4.78, 5) is 14.4. The molecule has 0 radical (unpaired) electrons. The highest BCUT2D eigenvalue weighted by Gasteiger charge is 2.37. The summed E-state index contributed by atoms with van der Waals surface area (Å²) in [6, 6.07) is 2.63. The van der Waals surface area contributed by atoms with E-state index in [2.05, 4.69) is 4.99 Å². The molecule has 0 spiro atoms. The number of carbonyl (C=O) groups excluding carboxylic acids is 1. The van der Waals surface area contributed by atoms with E-state index in [-0.39, 0.29) is 10.0 Å². The largest absolute Gasteiger partial charge is 0.235 e. The Morgan fingerprint density at radius 1 is 1.24 bits per heavy atom. The molecule has 2 nitrogen and oxygen atoms in total. The molecule has 5 heteroatoms. The van der Waals surface area contributed by atoms with Gasteiger partial charge in [-0.15, -0.1) is 0 Å². The lowest BCUT2D eigenvalue weighted by atomic mass is 9.89. The molecule has 1 aromatic carbocycles. The molecule has 2 rings (SSSR count). The molecule has 1 aliphatic rings. The van der Waals surface area contributed by atoms with Gasteiger partial charge in [-0.3, -0.25) is 0 Å². The van der Waals surface area contributed by atoms with E-state index in [4.69, 9.17) is 23.2 Å². The molecule has 0 N–H and O–H groups in total. The second-order valence-corrected chi connectivity index (χ2v) is 5.00. The molecule has 1 saturated carbocycles. The molecular formula is C12H10Cl2FNO. The summed E-state index contributed by atoms with van der Waals surface area (Å²) < 4.78 is 13.2. The monoisotopic (exact) mass is 273 g/mol. The van der Waals surface area contributed by atoms with Gasteiger partial charge in [0.1, 0.15) is 5.82 Å². The van der Waals surface area contributed by atoms with Crippen molar-refractivity contribution in [3.05, 3.63) is 33.6 Å². The molecule has 17 heavy (non-hydrogen) atoms.